The van der Waals surface area contributed by atoms with Gasteiger partial charge in [-0.2, -0.15) is 0 Å². The minimum Gasteiger partial charge on any atom is -0.385 e. The summed E-state index contributed by atoms with van der Waals surface area (Å²) in [5.74, 6) is 0.0175. The monoisotopic (exact) mass is 380 g/mol. The molecule has 2 atom stereocenters. The van der Waals surface area contributed by atoms with E-state index in [-0.39, 0.29) is 17.7 Å². The van der Waals surface area contributed by atoms with Crippen molar-refractivity contribution in [2.45, 2.75) is 44.2 Å². The van der Waals surface area contributed by atoms with Crippen LogP contribution in [0.15, 0.2) is 54.9 Å². The van der Waals surface area contributed by atoms with E-state index in [0.29, 0.717) is 25.9 Å². The van der Waals surface area contributed by atoms with Crippen LogP contribution in [0.1, 0.15) is 31.2 Å². The van der Waals surface area contributed by atoms with Crippen LogP contribution in [0.4, 0.5) is 5.69 Å². The maximum atomic E-state index is 12.8. The number of rotatable bonds is 9. The third kappa shape index (κ3) is 5.39. The smallest absolute Gasteiger partial charge is 0.240 e. The van der Waals surface area contributed by atoms with Crippen LogP contribution in [0.3, 0.4) is 0 Å². The molecule has 0 bridgehead atoms. The standard InChI is InChI=1S/C22H28N4O2/c23-19(16-17-6-2-1-3-7-17)22(28)26-15-5-8-20(26)21(27)9-4-12-25-18-10-13-24-14-11-18/h1-3,6-7,10-11,13-14,19-20H,4-5,8-9,12,15-16,23H2,(H,24,25). The second kappa shape index (κ2) is 9.99. The topological polar surface area (TPSA) is 88.3 Å². The molecule has 2 heterocycles. The van der Waals surface area contributed by atoms with Gasteiger partial charge in [0.15, 0.2) is 5.78 Å². The highest BCUT2D eigenvalue weighted by Crippen LogP contribution is 2.21. The zero-order valence-corrected chi connectivity index (χ0v) is 16.1. The van der Waals surface area contributed by atoms with Crippen molar-refractivity contribution in [1.82, 2.24) is 9.88 Å². The van der Waals surface area contributed by atoms with E-state index < -0.39 is 6.04 Å². The lowest BCUT2D eigenvalue weighted by Crippen LogP contribution is -2.49. The number of carbonyl (C=O) groups is 2. The van der Waals surface area contributed by atoms with E-state index >= 15 is 0 Å². The number of benzene rings is 1. The molecule has 0 aliphatic carbocycles. The fraction of sp³-hybridized carbons (Fsp3) is 0.409. The SMILES string of the molecule is NC(Cc1ccccc1)C(=O)N1CCCC1C(=O)CCCNc1ccncc1. The molecule has 1 aromatic heterocycles. The van der Waals surface area contributed by atoms with Crippen molar-refractivity contribution in [3.8, 4) is 0 Å². The Labute approximate surface area is 166 Å². The van der Waals surface area contributed by atoms with Crippen molar-refractivity contribution in [3.05, 3.63) is 60.4 Å². The molecule has 28 heavy (non-hydrogen) atoms. The van der Waals surface area contributed by atoms with Gasteiger partial charge in [-0.25, -0.2) is 0 Å². The molecule has 2 unspecified atom stereocenters. The average Bonchev–Trinajstić information content (AvgIpc) is 3.22. The Morgan fingerprint density at radius 1 is 1.18 bits per heavy atom. The maximum absolute atomic E-state index is 12.8. The van der Waals surface area contributed by atoms with Crippen LogP contribution in [-0.4, -0.2) is 46.7 Å². The Bertz CT molecular complexity index is 767. The Hall–Kier alpha value is -2.73. The van der Waals surface area contributed by atoms with Gasteiger partial charge in [0.2, 0.25) is 5.91 Å². The van der Waals surface area contributed by atoms with E-state index in [1.165, 1.54) is 0 Å². The van der Waals surface area contributed by atoms with Gasteiger partial charge < -0.3 is 16.0 Å². The number of nitrogens with two attached hydrogens (primary N) is 1. The van der Waals surface area contributed by atoms with Crippen molar-refractivity contribution in [2.75, 3.05) is 18.4 Å². The van der Waals surface area contributed by atoms with E-state index in [9.17, 15) is 9.59 Å². The molecule has 1 amide bonds. The molecule has 6 nitrogen and oxygen atoms in total. The Kier molecular flexibility index (Phi) is 7.14. The fourth-order valence-electron chi connectivity index (χ4n) is 3.67. The van der Waals surface area contributed by atoms with E-state index in [0.717, 1.165) is 30.5 Å². The predicted molar refractivity (Wildman–Crippen MR) is 110 cm³/mol. The molecule has 1 aromatic carbocycles. The van der Waals surface area contributed by atoms with Crippen molar-refractivity contribution in [2.24, 2.45) is 5.73 Å². The molecular weight excluding hydrogens is 352 g/mol. The Morgan fingerprint density at radius 2 is 1.93 bits per heavy atom. The summed E-state index contributed by atoms with van der Waals surface area (Å²) in [5, 5.41) is 3.28. The van der Waals surface area contributed by atoms with Gasteiger partial charge in [-0.1, -0.05) is 30.3 Å². The van der Waals surface area contributed by atoms with Crippen LogP contribution in [0, 0.1) is 0 Å². The quantitative estimate of drug-likeness (QED) is 0.652. The van der Waals surface area contributed by atoms with Gasteiger partial charge in [0.1, 0.15) is 0 Å². The number of likely N-dealkylation sites (tertiary alicyclic amines) is 1. The summed E-state index contributed by atoms with van der Waals surface area (Å²) in [6.07, 6.45) is 6.74. The van der Waals surface area contributed by atoms with Gasteiger partial charge in [-0.05, 0) is 43.4 Å². The first-order chi connectivity index (χ1) is 13.6. The number of anilines is 1. The summed E-state index contributed by atoms with van der Waals surface area (Å²) in [6.45, 7) is 1.33. The molecule has 0 radical (unpaired) electrons. The zero-order valence-electron chi connectivity index (χ0n) is 16.1. The molecule has 0 saturated carbocycles. The number of aromatic nitrogens is 1. The number of hydrogen-bond acceptors (Lipinski definition) is 5. The number of carbonyl (C=O) groups excluding carboxylic acids is 2. The van der Waals surface area contributed by atoms with Gasteiger partial charge in [0, 0.05) is 37.6 Å². The van der Waals surface area contributed by atoms with Crippen molar-refractivity contribution in [1.29, 1.82) is 0 Å². The van der Waals surface area contributed by atoms with Crippen molar-refractivity contribution < 1.29 is 9.59 Å². The zero-order chi connectivity index (χ0) is 19.8. The summed E-state index contributed by atoms with van der Waals surface area (Å²) < 4.78 is 0. The molecule has 1 fully saturated rings. The lowest BCUT2D eigenvalue weighted by atomic mass is 10.0. The largest absolute Gasteiger partial charge is 0.385 e. The molecule has 1 saturated heterocycles. The second-order valence-electron chi connectivity index (χ2n) is 7.22. The summed E-state index contributed by atoms with van der Waals surface area (Å²) in [5.41, 5.74) is 8.19. The normalized spacial score (nSPS) is 17.3. The maximum Gasteiger partial charge on any atom is 0.240 e. The van der Waals surface area contributed by atoms with Gasteiger partial charge in [0.25, 0.3) is 0 Å². The lowest BCUT2D eigenvalue weighted by Gasteiger charge is -2.26. The van der Waals surface area contributed by atoms with Crippen LogP contribution in [0.5, 0.6) is 0 Å². The van der Waals surface area contributed by atoms with Crippen LogP contribution < -0.4 is 11.1 Å². The van der Waals surface area contributed by atoms with E-state index in [1.54, 1.807) is 17.3 Å². The molecule has 1 aliphatic heterocycles. The molecule has 6 heteroatoms. The summed E-state index contributed by atoms with van der Waals surface area (Å²) in [4.78, 5) is 31.2. The third-order valence-electron chi connectivity index (χ3n) is 5.13. The summed E-state index contributed by atoms with van der Waals surface area (Å²) >= 11 is 0. The molecule has 1 aliphatic rings. The highest BCUT2D eigenvalue weighted by atomic mass is 16.2. The van der Waals surface area contributed by atoms with Crippen molar-refractivity contribution in [3.63, 3.8) is 0 Å². The predicted octanol–water partition coefficient (Wildman–Crippen LogP) is 2.40. The molecule has 0 spiro atoms. The molecular formula is C22H28N4O2. The summed E-state index contributed by atoms with van der Waals surface area (Å²) in [6, 6.07) is 12.6. The number of nitrogens with one attached hydrogen (secondary N) is 1. The van der Waals surface area contributed by atoms with E-state index in [2.05, 4.69) is 10.3 Å². The molecule has 3 N–H and O–H groups in total. The first-order valence-electron chi connectivity index (χ1n) is 9.92. The molecule has 3 rings (SSSR count). The summed E-state index contributed by atoms with van der Waals surface area (Å²) in [7, 11) is 0. The minimum atomic E-state index is -0.607. The van der Waals surface area contributed by atoms with E-state index in [1.807, 2.05) is 42.5 Å². The van der Waals surface area contributed by atoms with Gasteiger partial charge >= 0.3 is 0 Å². The number of nitrogens with zero attached hydrogens (tertiary/aromatic N) is 2. The average molecular weight is 380 g/mol. The minimum absolute atomic E-state index is 0.116. The number of hydrogen-bond donors (Lipinski definition) is 2. The van der Waals surface area contributed by atoms with E-state index in [4.69, 9.17) is 5.73 Å². The molecule has 148 valence electrons. The second-order valence-corrected chi connectivity index (χ2v) is 7.22. The van der Waals surface area contributed by atoms with Crippen LogP contribution in [-0.2, 0) is 16.0 Å². The van der Waals surface area contributed by atoms with Crippen molar-refractivity contribution >= 4 is 17.4 Å². The number of amides is 1. The number of pyridine rings is 1. The first-order valence-corrected chi connectivity index (χ1v) is 9.92. The van der Waals surface area contributed by atoms with Crippen LogP contribution in [0.2, 0.25) is 0 Å². The van der Waals surface area contributed by atoms with Crippen LogP contribution >= 0.6 is 0 Å². The first kappa shape index (κ1) is 20.0. The highest BCUT2D eigenvalue weighted by molar-refractivity contribution is 5.91. The molecule has 2 aromatic rings. The van der Waals surface area contributed by atoms with Gasteiger partial charge in [-0.15, -0.1) is 0 Å². The van der Waals surface area contributed by atoms with Gasteiger partial charge in [-0.3, -0.25) is 14.6 Å². The Morgan fingerprint density at radius 3 is 2.68 bits per heavy atom. The van der Waals surface area contributed by atoms with Crippen LogP contribution in [0.25, 0.3) is 0 Å². The Balaban J connectivity index is 1.47. The highest BCUT2D eigenvalue weighted by Gasteiger charge is 2.35. The third-order valence-corrected chi connectivity index (χ3v) is 5.13. The number of ketones is 1. The fourth-order valence-corrected chi connectivity index (χ4v) is 3.67. The van der Waals surface area contributed by atoms with Gasteiger partial charge in [0.05, 0.1) is 12.1 Å². The number of Topliss-reactive ketones (excluding diaryl/α,β-unsaturated/α-hetero) is 1. The lowest BCUT2D eigenvalue weighted by molar-refractivity contribution is -0.138.